The first-order valence-corrected chi connectivity index (χ1v) is 9.27. The van der Waals surface area contributed by atoms with Crippen LogP contribution >= 0.6 is 0 Å². The van der Waals surface area contributed by atoms with Crippen LogP contribution in [0.15, 0.2) is 12.1 Å². The number of piperazine rings is 1. The average Bonchev–Trinajstić information content (AvgIpc) is 3.07. The van der Waals surface area contributed by atoms with E-state index in [1.165, 1.54) is 9.80 Å². The molecule has 1 atom stereocenters. The molecule has 3 amide bonds. The summed E-state index contributed by atoms with van der Waals surface area (Å²) in [5.74, 6) is -2.98. The Morgan fingerprint density at radius 2 is 1.83 bits per heavy atom. The van der Waals surface area contributed by atoms with Crippen LogP contribution in [-0.2, 0) is 14.3 Å². The van der Waals surface area contributed by atoms with E-state index in [-0.39, 0.29) is 55.7 Å². The van der Waals surface area contributed by atoms with Gasteiger partial charge in [-0.25, -0.2) is 13.6 Å². The summed E-state index contributed by atoms with van der Waals surface area (Å²) < 4.78 is 34.5. The number of anilines is 2. The predicted molar refractivity (Wildman–Crippen MR) is 101 cm³/mol. The van der Waals surface area contributed by atoms with Crippen LogP contribution in [-0.4, -0.2) is 85.0 Å². The quantitative estimate of drug-likeness (QED) is 0.671. The molecule has 0 spiro atoms. The lowest BCUT2D eigenvalue weighted by atomic mass is 10.2. The second kappa shape index (κ2) is 8.79. The maximum Gasteiger partial charge on any atom is 0.414 e. The van der Waals surface area contributed by atoms with E-state index in [1.54, 1.807) is 0 Å². The number of benzene rings is 1. The standard InChI is InChI=1S/C18H21F2N4O6/c1-11(26)24(29)9-13-8-23(18(28)30-13)12-6-14(19)17(15(20)7-12)22-4-2-21(3-5-22)16(27)10-25/h6-7,13,25H,2-5,8-10H2,1H3/q-1/t13-/m0/s1. The number of amides is 3. The van der Waals surface area contributed by atoms with Crippen LogP contribution in [0.2, 0.25) is 0 Å². The van der Waals surface area contributed by atoms with Gasteiger partial charge in [-0.3, -0.25) is 14.5 Å². The van der Waals surface area contributed by atoms with Crippen molar-refractivity contribution in [1.82, 2.24) is 9.96 Å². The average molecular weight is 427 g/mol. The molecular formula is C18H21F2N4O6-. The minimum Gasteiger partial charge on any atom is -0.756 e. The van der Waals surface area contributed by atoms with Gasteiger partial charge in [0.1, 0.15) is 18.4 Å². The zero-order valence-corrected chi connectivity index (χ0v) is 16.2. The number of ether oxygens (including phenoxy) is 1. The molecule has 0 unspecified atom stereocenters. The van der Waals surface area contributed by atoms with E-state index in [2.05, 4.69) is 0 Å². The topological polar surface area (TPSA) is 117 Å². The van der Waals surface area contributed by atoms with E-state index < -0.39 is 42.3 Å². The van der Waals surface area contributed by atoms with Crippen LogP contribution < -0.4 is 9.80 Å². The molecule has 2 saturated heterocycles. The van der Waals surface area contributed by atoms with Crippen LogP contribution in [0.4, 0.5) is 25.0 Å². The fourth-order valence-electron chi connectivity index (χ4n) is 3.43. The van der Waals surface area contributed by atoms with Gasteiger partial charge in [-0.15, -0.1) is 0 Å². The summed E-state index contributed by atoms with van der Waals surface area (Å²) in [5.41, 5.74) is -0.350. The minimum atomic E-state index is -0.915. The molecular weight excluding hydrogens is 406 g/mol. The van der Waals surface area contributed by atoms with E-state index in [0.717, 1.165) is 24.0 Å². The summed E-state index contributed by atoms with van der Waals surface area (Å²) >= 11 is 0. The van der Waals surface area contributed by atoms with Crippen LogP contribution in [0.3, 0.4) is 0 Å². The first-order valence-electron chi connectivity index (χ1n) is 9.27. The highest BCUT2D eigenvalue weighted by Crippen LogP contribution is 2.31. The molecule has 2 aliphatic heterocycles. The molecule has 12 heteroatoms. The lowest BCUT2D eigenvalue weighted by Crippen LogP contribution is -2.50. The number of cyclic esters (lactones) is 1. The van der Waals surface area contributed by atoms with Gasteiger partial charge in [-0.2, -0.15) is 0 Å². The molecule has 1 N–H and O–H groups in total. The Kier molecular flexibility index (Phi) is 6.37. The second-order valence-electron chi connectivity index (χ2n) is 6.98. The maximum absolute atomic E-state index is 14.7. The third-order valence-electron chi connectivity index (χ3n) is 4.99. The van der Waals surface area contributed by atoms with Crippen LogP contribution in [0.25, 0.3) is 0 Å². The molecule has 1 aromatic carbocycles. The Bertz CT molecular complexity index is 823. The largest absolute Gasteiger partial charge is 0.756 e. The number of aliphatic hydroxyl groups is 1. The third-order valence-corrected chi connectivity index (χ3v) is 4.99. The molecule has 30 heavy (non-hydrogen) atoms. The van der Waals surface area contributed by atoms with Gasteiger partial charge in [-0.1, -0.05) is 0 Å². The smallest absolute Gasteiger partial charge is 0.414 e. The fraction of sp³-hybridized carbons (Fsp3) is 0.500. The Hall–Kier alpha value is -2.99. The van der Waals surface area contributed by atoms with Gasteiger partial charge in [-0.05, 0) is 0 Å². The summed E-state index contributed by atoms with van der Waals surface area (Å²) in [6.07, 6.45) is -1.79. The lowest BCUT2D eigenvalue weighted by molar-refractivity contribution is -0.134. The molecule has 2 fully saturated rings. The lowest BCUT2D eigenvalue weighted by Gasteiger charge is -2.36. The van der Waals surface area contributed by atoms with Crippen molar-refractivity contribution in [1.29, 1.82) is 0 Å². The highest BCUT2D eigenvalue weighted by atomic mass is 19.1. The molecule has 1 aromatic rings. The minimum absolute atomic E-state index is 0.0735. The number of halogens is 2. The number of hydrogen-bond acceptors (Lipinski definition) is 7. The summed E-state index contributed by atoms with van der Waals surface area (Å²) in [5, 5.41) is 20.5. The van der Waals surface area contributed by atoms with Gasteiger partial charge < -0.3 is 29.9 Å². The molecule has 2 aliphatic rings. The van der Waals surface area contributed by atoms with Gasteiger partial charge >= 0.3 is 6.09 Å². The van der Waals surface area contributed by atoms with E-state index in [0.29, 0.717) is 0 Å². The number of hydrogen-bond donors (Lipinski definition) is 1. The fourth-order valence-corrected chi connectivity index (χ4v) is 3.43. The highest BCUT2D eigenvalue weighted by molar-refractivity contribution is 5.90. The van der Waals surface area contributed by atoms with E-state index in [4.69, 9.17) is 9.84 Å². The number of carbonyl (C=O) groups is 3. The van der Waals surface area contributed by atoms with Crippen LogP contribution in [0, 0.1) is 16.8 Å². The van der Waals surface area contributed by atoms with E-state index >= 15 is 0 Å². The second-order valence-corrected chi connectivity index (χ2v) is 6.98. The van der Waals surface area contributed by atoms with Crippen molar-refractivity contribution in [2.75, 3.05) is 55.7 Å². The van der Waals surface area contributed by atoms with Gasteiger partial charge in [0.15, 0.2) is 11.6 Å². The summed E-state index contributed by atoms with van der Waals surface area (Å²) in [7, 11) is 0. The summed E-state index contributed by atoms with van der Waals surface area (Å²) in [6, 6.07) is 1.99. The van der Waals surface area contributed by atoms with Crippen LogP contribution in [0.1, 0.15) is 6.92 Å². The zero-order valence-electron chi connectivity index (χ0n) is 16.2. The Morgan fingerprint density at radius 1 is 1.23 bits per heavy atom. The van der Waals surface area contributed by atoms with Crippen molar-refractivity contribution in [3.63, 3.8) is 0 Å². The van der Waals surface area contributed by atoms with Gasteiger partial charge in [0.05, 0.1) is 12.2 Å². The Labute approximate surface area is 170 Å². The summed E-state index contributed by atoms with van der Waals surface area (Å²) in [4.78, 5) is 38.5. The molecule has 0 aromatic heterocycles. The van der Waals surface area contributed by atoms with Gasteiger partial charge in [0.25, 0.3) is 0 Å². The highest BCUT2D eigenvalue weighted by Gasteiger charge is 2.34. The molecule has 2 heterocycles. The van der Waals surface area contributed by atoms with Crippen molar-refractivity contribution < 1.29 is 33.0 Å². The number of nitrogens with zero attached hydrogens (tertiary/aromatic N) is 4. The molecule has 0 aliphatic carbocycles. The molecule has 0 bridgehead atoms. The molecule has 10 nitrogen and oxygen atoms in total. The predicted octanol–water partition coefficient (Wildman–Crippen LogP) is 0.277. The van der Waals surface area contributed by atoms with Gasteiger partial charge in [0, 0.05) is 51.8 Å². The summed E-state index contributed by atoms with van der Waals surface area (Å²) in [6.45, 7) is 0.714. The van der Waals surface area contributed by atoms with Crippen molar-refractivity contribution in [3.05, 3.63) is 29.0 Å². The molecule has 3 rings (SSSR count). The van der Waals surface area contributed by atoms with E-state index in [9.17, 15) is 28.4 Å². The monoisotopic (exact) mass is 427 g/mol. The SMILES string of the molecule is CC(=O)N([O-])C[C@@H]1CN(c2cc(F)c(N3CCN(C(=O)CO)CC3)c(F)c2)C(=O)O1. The zero-order chi connectivity index (χ0) is 22.0. The third kappa shape index (κ3) is 4.44. The maximum atomic E-state index is 14.7. The number of aliphatic hydroxyl groups excluding tert-OH is 1. The molecule has 0 radical (unpaired) electrons. The number of carbonyl (C=O) groups excluding carboxylic acids is 3. The number of rotatable bonds is 5. The van der Waals surface area contributed by atoms with Crippen molar-refractivity contribution in [2.45, 2.75) is 13.0 Å². The van der Waals surface area contributed by atoms with Gasteiger partial charge in [0.2, 0.25) is 11.8 Å². The van der Waals surface area contributed by atoms with E-state index in [1.807, 2.05) is 0 Å². The van der Waals surface area contributed by atoms with Crippen molar-refractivity contribution in [2.24, 2.45) is 0 Å². The first kappa shape index (κ1) is 21.7. The van der Waals surface area contributed by atoms with Crippen molar-refractivity contribution in [3.8, 4) is 0 Å². The Balaban J connectivity index is 1.71. The first-order chi connectivity index (χ1) is 14.2. The molecule has 164 valence electrons. The van der Waals surface area contributed by atoms with Crippen LogP contribution in [0.5, 0.6) is 0 Å². The normalized spacial score (nSPS) is 19.2. The van der Waals surface area contributed by atoms with Crippen molar-refractivity contribution >= 4 is 29.3 Å². The Morgan fingerprint density at radius 3 is 2.37 bits per heavy atom. The molecule has 0 saturated carbocycles. The number of hydroxylamine groups is 2.